The Hall–Kier alpha value is -5.09. The summed E-state index contributed by atoms with van der Waals surface area (Å²) >= 11 is 0.384. The van der Waals surface area contributed by atoms with Crippen molar-refractivity contribution < 1.29 is 0 Å². The van der Waals surface area contributed by atoms with Crippen LogP contribution in [0.4, 0.5) is 45.5 Å². The Kier molecular flexibility index (Phi) is 5.01. The van der Waals surface area contributed by atoms with Crippen LogP contribution in [0.3, 0.4) is 0 Å². The van der Waals surface area contributed by atoms with Crippen molar-refractivity contribution in [1.29, 1.82) is 0 Å². The number of benzene rings is 7. The van der Waals surface area contributed by atoms with E-state index in [-0.39, 0.29) is 43.9 Å². The summed E-state index contributed by atoms with van der Waals surface area (Å²) in [5.74, 6) is 0. The van der Waals surface area contributed by atoms with Gasteiger partial charge in [-0.2, -0.15) is 0 Å². The van der Waals surface area contributed by atoms with Gasteiger partial charge in [0.15, 0.2) is 0 Å². The van der Waals surface area contributed by atoms with E-state index in [4.69, 9.17) is 0 Å². The first kappa shape index (κ1) is 26.7. The van der Waals surface area contributed by atoms with Gasteiger partial charge in [-0.15, -0.1) is 0 Å². The molecule has 230 valence electrons. The third-order valence-corrected chi connectivity index (χ3v) is 16.1. The van der Waals surface area contributed by atoms with Gasteiger partial charge in [0.1, 0.15) is 0 Å². The van der Waals surface area contributed by atoms with E-state index < -0.39 is 0 Å². The van der Waals surface area contributed by atoms with Crippen molar-refractivity contribution in [2.24, 2.45) is 0 Å². The van der Waals surface area contributed by atoms with Crippen LogP contribution in [0.5, 0.6) is 0 Å². The zero-order valence-corrected chi connectivity index (χ0v) is 30.0. The molecule has 0 atom stereocenters. The fourth-order valence-corrected chi connectivity index (χ4v) is 14.2. The van der Waals surface area contributed by atoms with Crippen LogP contribution in [0.15, 0.2) is 146 Å². The van der Waals surface area contributed by atoms with Crippen molar-refractivity contribution >= 4 is 118 Å². The molecule has 0 spiro atoms. The van der Waals surface area contributed by atoms with Gasteiger partial charge in [-0.1, -0.05) is 0 Å². The van der Waals surface area contributed by atoms with Gasteiger partial charge in [0.05, 0.1) is 0 Å². The molecule has 0 aromatic heterocycles. The topological polar surface area (TPSA) is 13.0 Å². The molecule has 0 fully saturated rings. The van der Waals surface area contributed by atoms with Crippen LogP contribution in [0.25, 0.3) is 22.3 Å². The maximum absolute atomic E-state index is 2.67. The number of para-hydroxylation sites is 4. The molecule has 50 heavy (non-hydrogen) atoms. The van der Waals surface area contributed by atoms with Gasteiger partial charge >= 0.3 is 305 Å². The maximum atomic E-state index is 2.67. The molecule has 7 aromatic rings. The molecule has 4 nitrogen and oxygen atoms in total. The molecule has 0 bridgehead atoms. The summed E-state index contributed by atoms with van der Waals surface area (Å²) in [5.41, 5.74) is 18.6. The zero-order valence-electron chi connectivity index (χ0n) is 26.6. The second kappa shape index (κ2) is 9.37. The molecule has 0 N–H and O–H groups in total. The molecule has 0 unspecified atom stereocenters. The van der Waals surface area contributed by atoms with Crippen molar-refractivity contribution in [2.45, 2.75) is 0 Å². The van der Waals surface area contributed by atoms with Crippen molar-refractivity contribution in [1.82, 2.24) is 0 Å². The first-order valence-corrected chi connectivity index (χ1v) is 20.6. The third-order valence-electron chi connectivity index (χ3n) is 11.3. The van der Waals surface area contributed by atoms with E-state index in [1.807, 2.05) is 0 Å². The molecular weight excluding hydrogens is 740 g/mol. The molecule has 0 saturated carbocycles. The predicted molar refractivity (Wildman–Crippen MR) is 212 cm³/mol. The molecule has 0 radical (unpaired) electrons. The molecule has 0 aliphatic carbocycles. The van der Waals surface area contributed by atoms with E-state index in [0.29, 0.717) is 0 Å². The fraction of sp³-hybridized carbons (Fsp3) is 0. The van der Waals surface area contributed by atoms with Crippen LogP contribution >= 0.6 is 0 Å². The van der Waals surface area contributed by atoms with Crippen LogP contribution in [-0.4, -0.2) is 43.9 Å². The number of nitrogens with zero attached hydrogens (tertiary/aromatic N) is 4. The van der Waals surface area contributed by atoms with E-state index in [0.717, 1.165) is 0 Å². The van der Waals surface area contributed by atoms with E-state index in [9.17, 15) is 0 Å². The van der Waals surface area contributed by atoms with Gasteiger partial charge in [0.2, 0.25) is 0 Å². The van der Waals surface area contributed by atoms with Crippen LogP contribution in [-0.2, 0) is 0 Å². The van der Waals surface area contributed by atoms with Crippen LogP contribution in [0.1, 0.15) is 0 Å². The molecule has 0 amide bonds. The van der Waals surface area contributed by atoms with Crippen molar-refractivity contribution in [3.8, 4) is 22.3 Å². The molecular formula is C42H24B2N4Se2. The van der Waals surface area contributed by atoms with Gasteiger partial charge in [0, 0.05) is 0 Å². The predicted octanol–water partition coefficient (Wildman–Crippen LogP) is 4.95. The van der Waals surface area contributed by atoms with Gasteiger partial charge in [-0.3, -0.25) is 0 Å². The summed E-state index contributed by atoms with van der Waals surface area (Å²) in [6, 6.07) is 55.5. The Morgan fingerprint density at radius 1 is 0.300 bits per heavy atom. The molecule has 8 heteroatoms. The monoisotopic (exact) mass is 766 g/mol. The minimum atomic E-state index is 0.0515. The first-order chi connectivity index (χ1) is 24.8. The molecule has 7 aromatic carbocycles. The van der Waals surface area contributed by atoms with Crippen molar-refractivity contribution in [3.63, 3.8) is 0 Å². The van der Waals surface area contributed by atoms with Gasteiger partial charge in [-0.25, -0.2) is 0 Å². The Balaban J connectivity index is 1.16. The summed E-state index contributed by atoms with van der Waals surface area (Å²) < 4.78 is 5.83. The van der Waals surface area contributed by atoms with Crippen LogP contribution < -0.4 is 48.0 Å². The Morgan fingerprint density at radius 3 is 1.10 bits per heavy atom. The Labute approximate surface area is 303 Å². The van der Waals surface area contributed by atoms with Crippen molar-refractivity contribution in [3.05, 3.63) is 146 Å². The van der Waals surface area contributed by atoms with E-state index in [2.05, 4.69) is 165 Å². The number of rotatable bonds is 0. The second-order valence-electron chi connectivity index (χ2n) is 13.7. The summed E-state index contributed by atoms with van der Waals surface area (Å²) in [7, 11) is 0. The van der Waals surface area contributed by atoms with E-state index in [1.165, 1.54) is 96.5 Å². The van der Waals surface area contributed by atoms with Crippen LogP contribution in [0, 0.1) is 0 Å². The molecule has 0 saturated heterocycles. The van der Waals surface area contributed by atoms with Crippen LogP contribution in [0.2, 0.25) is 0 Å². The molecule has 6 heterocycles. The average Bonchev–Trinajstić information content (AvgIpc) is 3.56. The standard InChI is InChI=1S/C42H24B2N4Se2/c1-3-15-29-25(11-1)27-13-9-21-39-41(27)43-45(29)33-23-36-34(24-35(33)47(43)31-17-5-7-19-37(31)49-39)46-30-16-4-2-12-26(30)28-14-10-22-40-42(28)44(46)48(36)32-18-6-8-20-38(32)50-40/h1-24H. The molecule has 6 aliphatic heterocycles. The average molecular weight is 764 g/mol. The number of anilines is 8. The van der Waals surface area contributed by atoms with E-state index >= 15 is 0 Å². The number of hydrogen-bond donors (Lipinski definition) is 0. The zero-order chi connectivity index (χ0) is 32.2. The van der Waals surface area contributed by atoms with Gasteiger partial charge < -0.3 is 0 Å². The molecule has 6 aliphatic rings. The fourth-order valence-electron chi connectivity index (χ4n) is 9.46. The quantitative estimate of drug-likeness (QED) is 0.203. The normalized spacial score (nSPS) is 15.6. The SMILES string of the molecule is c1ccc2c(c1)[Se]c1cccc3c1B1N2c2cc4c(cc2N1c1ccccc1-3)N1B2c3c(cccc3-c3ccccc3N24)[Se]c2ccccc21. The summed E-state index contributed by atoms with van der Waals surface area (Å²) in [6.07, 6.45) is 0. The third kappa shape index (κ3) is 3.14. The van der Waals surface area contributed by atoms with Crippen molar-refractivity contribution in [2.75, 3.05) is 19.2 Å². The summed E-state index contributed by atoms with van der Waals surface area (Å²) in [4.78, 5) is 10.7. The second-order valence-corrected chi connectivity index (χ2v) is 18.2. The number of hydrogen-bond acceptors (Lipinski definition) is 4. The van der Waals surface area contributed by atoms with Gasteiger partial charge in [0.25, 0.3) is 0 Å². The molecule has 13 rings (SSSR count). The Bertz CT molecular complexity index is 2510. The summed E-state index contributed by atoms with van der Waals surface area (Å²) in [5, 5.41) is 0. The minimum absolute atomic E-state index is 0.0515. The first-order valence-electron chi connectivity index (χ1n) is 17.2. The number of fused-ring (bicyclic) bond motifs is 16. The van der Waals surface area contributed by atoms with E-state index in [1.54, 1.807) is 0 Å². The summed E-state index contributed by atoms with van der Waals surface area (Å²) in [6.45, 7) is 0.103. The van der Waals surface area contributed by atoms with Gasteiger partial charge in [-0.05, 0) is 0 Å². The Morgan fingerprint density at radius 2 is 0.640 bits per heavy atom.